The zero-order valence-corrected chi connectivity index (χ0v) is 5.20. The monoisotopic (exact) mass is 117 g/mol. The van der Waals surface area contributed by atoms with Crippen LogP contribution in [0.5, 0.6) is 0 Å². The Hall–Kier alpha value is 0.0500. The van der Waals surface area contributed by atoms with Crippen molar-refractivity contribution < 1.29 is 0 Å². The van der Waals surface area contributed by atoms with Crippen LogP contribution in [-0.2, 0) is 0 Å². The van der Waals surface area contributed by atoms with E-state index in [1.54, 1.807) is 0 Å². The van der Waals surface area contributed by atoms with Crippen molar-refractivity contribution in [2.24, 2.45) is 5.73 Å². The molecule has 1 nitrogen and oxygen atoms in total. The second-order valence-corrected chi connectivity index (χ2v) is 2.14. The van der Waals surface area contributed by atoms with Crippen LogP contribution in [0.1, 0.15) is 6.42 Å². The third-order valence-corrected chi connectivity index (χ3v) is 1.13. The van der Waals surface area contributed by atoms with E-state index in [2.05, 4.69) is 19.2 Å². The molecule has 1 atom stereocenters. The lowest BCUT2D eigenvalue weighted by Crippen LogP contribution is -2.12. The summed E-state index contributed by atoms with van der Waals surface area (Å²) >= 11 is 4.11. The Morgan fingerprint density at radius 2 is 2.43 bits per heavy atom. The predicted octanol–water partition coefficient (Wildman–Crippen LogP) is 0.820. The van der Waals surface area contributed by atoms with Crippen molar-refractivity contribution in [3.05, 3.63) is 12.7 Å². The second kappa shape index (κ2) is 4.22. The summed E-state index contributed by atoms with van der Waals surface area (Å²) in [6.07, 6.45) is 2.73. The summed E-state index contributed by atoms with van der Waals surface area (Å²) in [5, 5.41) is 0.303. The molecule has 0 rings (SSSR count). The molecule has 2 heteroatoms. The van der Waals surface area contributed by atoms with E-state index < -0.39 is 0 Å². The fourth-order valence-electron chi connectivity index (χ4n) is 0.289. The molecule has 42 valence electrons. The Labute approximate surface area is 50.0 Å². The maximum Gasteiger partial charge on any atom is 0.0174 e. The highest BCUT2D eigenvalue weighted by atomic mass is 32.1. The maximum absolute atomic E-state index is 5.23. The number of allylic oxidation sites excluding steroid dienone is 1. The van der Waals surface area contributed by atoms with Crippen LogP contribution in [0.25, 0.3) is 0 Å². The van der Waals surface area contributed by atoms with Crippen molar-refractivity contribution in [3.63, 3.8) is 0 Å². The highest BCUT2D eigenvalue weighted by Gasteiger charge is 1.92. The van der Waals surface area contributed by atoms with Crippen LogP contribution in [0.4, 0.5) is 0 Å². The van der Waals surface area contributed by atoms with Gasteiger partial charge in [0.25, 0.3) is 0 Å². The van der Waals surface area contributed by atoms with Gasteiger partial charge in [0.1, 0.15) is 0 Å². The molecule has 2 N–H and O–H groups in total. The smallest absolute Gasteiger partial charge is 0.0174 e. The van der Waals surface area contributed by atoms with Crippen LogP contribution in [0.3, 0.4) is 0 Å². The minimum absolute atomic E-state index is 0.303. The zero-order valence-electron chi connectivity index (χ0n) is 4.30. The van der Waals surface area contributed by atoms with Gasteiger partial charge >= 0.3 is 0 Å². The van der Waals surface area contributed by atoms with Gasteiger partial charge in [0, 0.05) is 11.8 Å². The molecule has 0 aliphatic heterocycles. The van der Waals surface area contributed by atoms with Crippen molar-refractivity contribution in [1.82, 2.24) is 0 Å². The van der Waals surface area contributed by atoms with Gasteiger partial charge < -0.3 is 5.73 Å². The van der Waals surface area contributed by atoms with E-state index in [0.717, 1.165) is 6.42 Å². The van der Waals surface area contributed by atoms with Gasteiger partial charge in [-0.25, -0.2) is 0 Å². The lowest BCUT2D eigenvalue weighted by molar-refractivity contribution is 0.884. The fourth-order valence-corrected chi connectivity index (χ4v) is 0.438. The first kappa shape index (κ1) is 7.05. The molecule has 0 saturated heterocycles. The SMILES string of the molecule is C=CCC(S)CN. The van der Waals surface area contributed by atoms with Gasteiger partial charge in [-0.15, -0.1) is 6.58 Å². The van der Waals surface area contributed by atoms with Gasteiger partial charge in [0.15, 0.2) is 0 Å². The molecule has 7 heavy (non-hydrogen) atoms. The van der Waals surface area contributed by atoms with Crippen LogP contribution in [0.2, 0.25) is 0 Å². The Morgan fingerprint density at radius 3 is 2.57 bits per heavy atom. The first-order valence-corrected chi connectivity index (χ1v) is 2.82. The lowest BCUT2D eigenvalue weighted by Gasteiger charge is -1.99. The minimum atomic E-state index is 0.303. The van der Waals surface area contributed by atoms with Crippen LogP contribution in [-0.4, -0.2) is 11.8 Å². The van der Waals surface area contributed by atoms with Crippen molar-refractivity contribution in [2.75, 3.05) is 6.54 Å². The summed E-state index contributed by atoms with van der Waals surface area (Å²) in [4.78, 5) is 0. The van der Waals surface area contributed by atoms with Crippen molar-refractivity contribution in [2.45, 2.75) is 11.7 Å². The van der Waals surface area contributed by atoms with E-state index in [1.165, 1.54) is 0 Å². The first-order valence-electron chi connectivity index (χ1n) is 2.30. The summed E-state index contributed by atoms with van der Waals surface area (Å²) < 4.78 is 0. The summed E-state index contributed by atoms with van der Waals surface area (Å²) in [5.74, 6) is 0. The van der Waals surface area contributed by atoms with Crippen molar-refractivity contribution in [3.8, 4) is 0 Å². The van der Waals surface area contributed by atoms with Crippen LogP contribution in [0.15, 0.2) is 12.7 Å². The zero-order chi connectivity index (χ0) is 5.70. The predicted molar refractivity (Wildman–Crippen MR) is 36.6 cm³/mol. The molecule has 0 aliphatic carbocycles. The molecule has 0 aromatic rings. The van der Waals surface area contributed by atoms with Crippen LogP contribution in [0, 0.1) is 0 Å². The third kappa shape index (κ3) is 3.89. The molecule has 0 bridgehead atoms. The third-order valence-electron chi connectivity index (χ3n) is 0.711. The molecular weight excluding hydrogens is 106 g/mol. The molecule has 1 unspecified atom stereocenters. The van der Waals surface area contributed by atoms with Gasteiger partial charge in [-0.2, -0.15) is 12.6 Å². The number of thiol groups is 1. The molecule has 0 aromatic heterocycles. The van der Waals surface area contributed by atoms with E-state index in [9.17, 15) is 0 Å². The number of nitrogens with two attached hydrogens (primary N) is 1. The average Bonchev–Trinajstić information content (AvgIpc) is 1.68. The Balaban J connectivity index is 2.98. The van der Waals surface area contributed by atoms with Gasteiger partial charge in [-0.3, -0.25) is 0 Å². The second-order valence-electron chi connectivity index (χ2n) is 1.41. The number of rotatable bonds is 3. The highest BCUT2D eigenvalue weighted by molar-refractivity contribution is 7.81. The Morgan fingerprint density at radius 1 is 1.86 bits per heavy atom. The molecule has 0 fully saturated rings. The van der Waals surface area contributed by atoms with Crippen LogP contribution >= 0.6 is 12.6 Å². The maximum atomic E-state index is 5.23. The number of hydrogen-bond donors (Lipinski definition) is 2. The van der Waals surface area contributed by atoms with E-state index in [0.29, 0.717) is 11.8 Å². The molecule has 0 radical (unpaired) electrons. The molecule has 0 spiro atoms. The van der Waals surface area contributed by atoms with Crippen LogP contribution < -0.4 is 5.73 Å². The average molecular weight is 117 g/mol. The van der Waals surface area contributed by atoms with E-state index in [4.69, 9.17) is 5.73 Å². The van der Waals surface area contributed by atoms with Gasteiger partial charge in [0.05, 0.1) is 0 Å². The van der Waals surface area contributed by atoms with Gasteiger partial charge in [-0.1, -0.05) is 6.08 Å². The van der Waals surface area contributed by atoms with Crippen molar-refractivity contribution in [1.29, 1.82) is 0 Å². The molecule has 0 heterocycles. The molecule has 0 saturated carbocycles. The lowest BCUT2D eigenvalue weighted by atomic mass is 10.3. The van der Waals surface area contributed by atoms with Gasteiger partial charge in [0.2, 0.25) is 0 Å². The normalized spacial score (nSPS) is 13.4. The quantitative estimate of drug-likeness (QED) is 0.415. The van der Waals surface area contributed by atoms with E-state index >= 15 is 0 Å². The molecule has 0 aliphatic rings. The summed E-state index contributed by atoms with van der Waals surface area (Å²) in [6, 6.07) is 0. The Kier molecular flexibility index (Phi) is 4.25. The van der Waals surface area contributed by atoms with Crippen molar-refractivity contribution >= 4 is 12.6 Å². The van der Waals surface area contributed by atoms with E-state index in [1.807, 2.05) is 6.08 Å². The van der Waals surface area contributed by atoms with Gasteiger partial charge in [-0.05, 0) is 6.42 Å². The minimum Gasteiger partial charge on any atom is -0.329 e. The standard InChI is InChI=1S/C5H11NS/c1-2-3-5(7)4-6/h2,5,7H,1,3-4,6H2. The summed E-state index contributed by atoms with van der Waals surface area (Å²) in [5.41, 5.74) is 5.23. The van der Waals surface area contributed by atoms with E-state index in [-0.39, 0.29) is 0 Å². The summed E-state index contributed by atoms with van der Waals surface area (Å²) in [7, 11) is 0. The summed E-state index contributed by atoms with van der Waals surface area (Å²) in [6.45, 7) is 4.18. The fraction of sp³-hybridized carbons (Fsp3) is 0.600. The highest BCUT2D eigenvalue weighted by Crippen LogP contribution is 1.96. The number of hydrogen-bond acceptors (Lipinski definition) is 2. The Bertz CT molecular complexity index is 54.0. The first-order chi connectivity index (χ1) is 3.31. The molecular formula is C5H11NS. The topological polar surface area (TPSA) is 26.0 Å². The molecule has 0 aromatic carbocycles. The largest absolute Gasteiger partial charge is 0.329 e. The molecule has 0 amide bonds.